The summed E-state index contributed by atoms with van der Waals surface area (Å²) < 4.78 is 29.0. The third kappa shape index (κ3) is 14.3. The van der Waals surface area contributed by atoms with E-state index in [4.69, 9.17) is 23.7 Å². The van der Waals surface area contributed by atoms with E-state index < -0.39 is 0 Å². The van der Waals surface area contributed by atoms with Crippen molar-refractivity contribution in [1.29, 1.82) is 0 Å². The highest BCUT2D eigenvalue weighted by Crippen LogP contribution is 2.44. The van der Waals surface area contributed by atoms with Crippen molar-refractivity contribution in [3.05, 3.63) is 23.3 Å². The van der Waals surface area contributed by atoms with E-state index in [1.165, 1.54) is 38.5 Å². The summed E-state index contributed by atoms with van der Waals surface area (Å²) >= 11 is 0. The van der Waals surface area contributed by atoms with Crippen LogP contribution in [0.1, 0.15) is 161 Å². The Morgan fingerprint density at radius 1 is 0.667 bits per heavy atom. The summed E-state index contributed by atoms with van der Waals surface area (Å²) in [6.45, 7) is 12.7. The topological polar surface area (TPSA) is 101 Å². The second-order valence-corrected chi connectivity index (χ2v) is 15.2. The Hall–Kier alpha value is -2.32. The fourth-order valence-electron chi connectivity index (χ4n) is 7.05. The highest BCUT2D eigenvalue weighted by Gasteiger charge is 2.31. The quantitative estimate of drug-likeness (QED) is 0.0960. The second kappa shape index (κ2) is 21.0. The van der Waals surface area contributed by atoms with Crippen LogP contribution in [0.15, 0.2) is 12.1 Å². The first kappa shape index (κ1) is 40.1. The molecule has 8 heteroatoms. The molecule has 0 atom stereocenters. The number of hydrogen-bond acceptors (Lipinski definition) is 8. The van der Waals surface area contributed by atoms with Gasteiger partial charge in [-0.05, 0) is 80.8 Å². The molecule has 0 bridgehead atoms. The maximum Gasteiger partial charge on any atom is 0.305 e. The van der Waals surface area contributed by atoms with Gasteiger partial charge in [0.25, 0.3) is 0 Å². The summed E-state index contributed by atoms with van der Waals surface area (Å²) in [5.41, 5.74) is 1.02. The van der Waals surface area contributed by atoms with Crippen molar-refractivity contribution < 1.29 is 38.4 Å². The Morgan fingerprint density at radius 2 is 1.15 bits per heavy atom. The number of hydrogen-bond donors (Lipinski definition) is 1. The normalized spacial score (nSPS) is 16.5. The van der Waals surface area contributed by atoms with Crippen molar-refractivity contribution in [3.63, 3.8) is 0 Å². The van der Waals surface area contributed by atoms with E-state index in [-0.39, 0.29) is 28.5 Å². The molecule has 1 N–H and O–H groups in total. The van der Waals surface area contributed by atoms with E-state index in [1.54, 1.807) is 0 Å². The first-order valence-electron chi connectivity index (χ1n) is 19.1. The van der Waals surface area contributed by atoms with Crippen LogP contribution in [0.4, 0.5) is 0 Å². The van der Waals surface area contributed by atoms with Crippen molar-refractivity contribution >= 4 is 11.9 Å². The molecular formula is C40H66O8. The molecule has 0 unspecified atom stereocenters. The Labute approximate surface area is 291 Å². The molecule has 3 rings (SSSR count). The third-order valence-corrected chi connectivity index (χ3v) is 10.2. The smallest absolute Gasteiger partial charge is 0.305 e. The predicted molar refractivity (Wildman–Crippen MR) is 190 cm³/mol. The van der Waals surface area contributed by atoms with Crippen LogP contribution in [0, 0.1) is 0 Å². The molecule has 0 aliphatic heterocycles. The van der Waals surface area contributed by atoms with Crippen molar-refractivity contribution in [2.24, 2.45) is 0 Å². The first-order valence-corrected chi connectivity index (χ1v) is 19.1. The fourth-order valence-corrected chi connectivity index (χ4v) is 7.05. The number of unbranched alkanes of at least 4 members (excludes halogenated alkanes) is 1. The summed E-state index contributed by atoms with van der Waals surface area (Å²) in [4.78, 5) is 24.9. The van der Waals surface area contributed by atoms with E-state index in [9.17, 15) is 14.7 Å². The van der Waals surface area contributed by atoms with Crippen LogP contribution < -0.4 is 4.74 Å². The molecule has 0 spiro atoms. The summed E-state index contributed by atoms with van der Waals surface area (Å²) in [5.74, 6) is 0.591. The molecule has 0 radical (unpaired) electrons. The molecule has 2 fully saturated rings. The van der Waals surface area contributed by atoms with Crippen LogP contribution >= 0.6 is 0 Å². The minimum Gasteiger partial charge on any atom is -0.508 e. The molecule has 2 saturated carbocycles. The molecule has 0 heterocycles. The van der Waals surface area contributed by atoms with Gasteiger partial charge in [0.15, 0.2) is 0 Å². The van der Waals surface area contributed by atoms with Crippen molar-refractivity contribution in [2.75, 3.05) is 33.0 Å². The number of phenols is 1. The van der Waals surface area contributed by atoms with E-state index >= 15 is 0 Å². The van der Waals surface area contributed by atoms with Gasteiger partial charge in [0, 0.05) is 24.0 Å². The van der Waals surface area contributed by atoms with Gasteiger partial charge in [-0.2, -0.15) is 0 Å². The fraction of sp³-hybridized carbons (Fsp3) is 0.800. The number of phenolic OH excluding ortho intramolecular Hbond substituents is 1. The lowest BCUT2D eigenvalue weighted by molar-refractivity contribution is -0.147. The zero-order valence-corrected chi connectivity index (χ0v) is 30.9. The maximum absolute atomic E-state index is 12.4. The highest BCUT2D eigenvalue weighted by molar-refractivity contribution is 5.69. The van der Waals surface area contributed by atoms with Gasteiger partial charge in [-0.3, -0.25) is 9.59 Å². The monoisotopic (exact) mass is 674 g/mol. The molecule has 48 heavy (non-hydrogen) atoms. The molecular weight excluding hydrogens is 608 g/mol. The number of carbonyl (C=O) groups excluding carboxylic acids is 2. The van der Waals surface area contributed by atoms with Crippen molar-refractivity contribution in [3.8, 4) is 11.5 Å². The van der Waals surface area contributed by atoms with Gasteiger partial charge in [-0.25, -0.2) is 0 Å². The number of aromatic hydroxyl groups is 1. The standard InChI is InChI=1S/C40H66O8/c1-6-7-24-46-36-30-33(39(2,3)22-14-20-37(42)47-27-25-44-31-16-10-8-11-17-31)35(41)29-34(36)40(4,5)23-15-21-38(43)48-28-26-45-32-18-12-9-13-19-32/h29-32,41H,6-28H2,1-5H3. The summed E-state index contributed by atoms with van der Waals surface area (Å²) in [6.07, 6.45) is 17.9. The lowest BCUT2D eigenvalue weighted by atomic mass is 9.75. The largest absolute Gasteiger partial charge is 0.508 e. The van der Waals surface area contributed by atoms with Gasteiger partial charge in [0.2, 0.25) is 0 Å². The number of esters is 2. The second-order valence-electron chi connectivity index (χ2n) is 15.2. The van der Waals surface area contributed by atoms with Crippen LogP contribution in [-0.2, 0) is 39.4 Å². The highest BCUT2D eigenvalue weighted by atomic mass is 16.6. The lowest BCUT2D eigenvalue weighted by Crippen LogP contribution is -2.23. The molecule has 8 nitrogen and oxygen atoms in total. The SMILES string of the molecule is CCCCOc1cc(C(C)(C)CCCC(=O)OCCOC2CCCCC2)c(O)cc1C(C)(C)CCCC(=O)OCCOC1CCCCC1. The van der Waals surface area contributed by atoms with Crippen molar-refractivity contribution in [2.45, 2.75) is 173 Å². The predicted octanol–water partition coefficient (Wildman–Crippen LogP) is 9.25. The first-order chi connectivity index (χ1) is 23.0. The summed E-state index contributed by atoms with van der Waals surface area (Å²) in [7, 11) is 0. The van der Waals surface area contributed by atoms with Crippen LogP contribution in [0.25, 0.3) is 0 Å². The van der Waals surface area contributed by atoms with E-state index in [0.29, 0.717) is 77.3 Å². The molecule has 2 aliphatic carbocycles. The number of rotatable bonds is 22. The minimum absolute atomic E-state index is 0.200. The van der Waals surface area contributed by atoms with Gasteiger partial charge in [0.05, 0.1) is 32.0 Å². The maximum atomic E-state index is 12.4. The Bertz CT molecular complexity index is 1080. The molecule has 0 saturated heterocycles. The van der Waals surface area contributed by atoms with E-state index in [0.717, 1.165) is 61.8 Å². The third-order valence-electron chi connectivity index (χ3n) is 10.2. The zero-order chi connectivity index (χ0) is 34.8. The molecule has 0 amide bonds. The Kier molecular flexibility index (Phi) is 17.6. The van der Waals surface area contributed by atoms with Crippen molar-refractivity contribution in [1.82, 2.24) is 0 Å². The zero-order valence-electron chi connectivity index (χ0n) is 30.9. The van der Waals surface area contributed by atoms with Crippen LogP contribution in [0.2, 0.25) is 0 Å². The minimum atomic E-state index is -0.384. The molecule has 1 aromatic carbocycles. The number of benzene rings is 1. The van der Waals surface area contributed by atoms with Gasteiger partial charge in [-0.15, -0.1) is 0 Å². The molecule has 2 aliphatic rings. The molecule has 1 aromatic rings. The van der Waals surface area contributed by atoms with Gasteiger partial charge in [0.1, 0.15) is 24.7 Å². The van der Waals surface area contributed by atoms with Crippen LogP contribution in [0.5, 0.6) is 11.5 Å². The van der Waals surface area contributed by atoms with Crippen LogP contribution in [-0.4, -0.2) is 62.3 Å². The summed E-state index contributed by atoms with van der Waals surface area (Å²) in [5, 5.41) is 11.3. The van der Waals surface area contributed by atoms with Crippen LogP contribution in [0.3, 0.4) is 0 Å². The van der Waals surface area contributed by atoms with E-state index in [1.807, 2.05) is 12.1 Å². The Balaban J connectivity index is 1.50. The summed E-state index contributed by atoms with van der Waals surface area (Å²) in [6, 6.07) is 3.84. The molecule has 274 valence electrons. The number of carbonyl (C=O) groups is 2. The van der Waals surface area contributed by atoms with Gasteiger partial charge in [-0.1, -0.05) is 79.6 Å². The Morgan fingerprint density at radius 3 is 1.62 bits per heavy atom. The number of ether oxygens (including phenoxy) is 5. The molecule has 0 aromatic heterocycles. The van der Waals surface area contributed by atoms with E-state index in [2.05, 4.69) is 34.6 Å². The average Bonchev–Trinajstić information content (AvgIpc) is 3.06. The average molecular weight is 675 g/mol. The van der Waals surface area contributed by atoms with Gasteiger partial charge >= 0.3 is 11.9 Å². The lowest BCUT2D eigenvalue weighted by Gasteiger charge is -2.32. The van der Waals surface area contributed by atoms with Gasteiger partial charge < -0.3 is 28.8 Å².